The lowest BCUT2D eigenvalue weighted by atomic mass is 9.98. The number of nitrogens with zero attached hydrogens (tertiary/aromatic N) is 2. The standard InChI is InChI=1S/C28H27N3O2/c32-27(30-25(21-11-5-2-6-12-21)19-20-9-3-1-4-10-20)18-17-26-29-24-14-8-7-13-23(24)28(33)31(26)22-15-16-22/h1-14,22,25H,15-19H2,(H,30,32). The molecule has 1 atom stereocenters. The smallest absolute Gasteiger partial charge is 0.261 e. The number of rotatable bonds is 8. The first-order valence-electron chi connectivity index (χ1n) is 11.6. The Morgan fingerprint density at radius 1 is 0.939 bits per heavy atom. The molecule has 1 aromatic heterocycles. The molecule has 1 aliphatic rings. The van der Waals surface area contributed by atoms with Gasteiger partial charge in [-0.1, -0.05) is 72.8 Å². The zero-order valence-electron chi connectivity index (χ0n) is 18.5. The van der Waals surface area contributed by atoms with Gasteiger partial charge in [0, 0.05) is 18.9 Å². The van der Waals surface area contributed by atoms with Crippen molar-refractivity contribution in [2.75, 3.05) is 0 Å². The fourth-order valence-corrected chi connectivity index (χ4v) is 4.36. The number of hydrogen-bond donors (Lipinski definition) is 1. The molecule has 1 aliphatic carbocycles. The summed E-state index contributed by atoms with van der Waals surface area (Å²) in [5.74, 6) is 0.667. The molecule has 0 saturated heterocycles. The molecule has 1 saturated carbocycles. The Labute approximate surface area is 193 Å². The monoisotopic (exact) mass is 437 g/mol. The summed E-state index contributed by atoms with van der Waals surface area (Å²) in [6.07, 6.45) is 3.43. The maximum Gasteiger partial charge on any atom is 0.261 e. The van der Waals surface area contributed by atoms with Crippen LogP contribution >= 0.6 is 0 Å². The van der Waals surface area contributed by atoms with Gasteiger partial charge in [-0.2, -0.15) is 0 Å². The average molecular weight is 438 g/mol. The van der Waals surface area contributed by atoms with E-state index in [4.69, 9.17) is 4.98 Å². The predicted octanol–water partition coefficient (Wildman–Crippen LogP) is 4.76. The molecule has 5 nitrogen and oxygen atoms in total. The summed E-state index contributed by atoms with van der Waals surface area (Å²) in [5, 5.41) is 3.86. The molecule has 3 aromatic carbocycles. The van der Waals surface area contributed by atoms with Crippen molar-refractivity contribution in [2.24, 2.45) is 0 Å². The highest BCUT2D eigenvalue weighted by molar-refractivity contribution is 5.78. The van der Waals surface area contributed by atoms with E-state index in [1.165, 1.54) is 5.56 Å². The van der Waals surface area contributed by atoms with Crippen molar-refractivity contribution < 1.29 is 4.79 Å². The van der Waals surface area contributed by atoms with Crippen molar-refractivity contribution in [3.63, 3.8) is 0 Å². The summed E-state index contributed by atoms with van der Waals surface area (Å²) in [4.78, 5) is 30.8. The largest absolute Gasteiger partial charge is 0.349 e. The Morgan fingerprint density at radius 2 is 1.61 bits per heavy atom. The van der Waals surface area contributed by atoms with Crippen LogP contribution in [0.25, 0.3) is 10.9 Å². The average Bonchev–Trinajstić information content (AvgIpc) is 3.69. The highest BCUT2D eigenvalue weighted by Gasteiger charge is 2.28. The van der Waals surface area contributed by atoms with Gasteiger partial charge in [0.1, 0.15) is 5.82 Å². The van der Waals surface area contributed by atoms with Crippen LogP contribution in [0.2, 0.25) is 0 Å². The van der Waals surface area contributed by atoms with Crippen molar-refractivity contribution in [2.45, 2.75) is 44.2 Å². The van der Waals surface area contributed by atoms with Crippen LogP contribution in [0.5, 0.6) is 0 Å². The summed E-state index contributed by atoms with van der Waals surface area (Å²) >= 11 is 0. The summed E-state index contributed by atoms with van der Waals surface area (Å²) in [6, 6.07) is 27.8. The van der Waals surface area contributed by atoms with Gasteiger partial charge in [0.25, 0.3) is 5.56 Å². The van der Waals surface area contributed by atoms with Gasteiger partial charge < -0.3 is 5.32 Å². The molecule has 0 spiro atoms. The van der Waals surface area contributed by atoms with E-state index in [9.17, 15) is 9.59 Å². The molecule has 5 rings (SSSR count). The number of amides is 1. The number of fused-ring (bicyclic) bond motifs is 1. The van der Waals surface area contributed by atoms with Gasteiger partial charge in [-0.15, -0.1) is 0 Å². The summed E-state index contributed by atoms with van der Waals surface area (Å²) < 4.78 is 1.81. The Balaban J connectivity index is 1.34. The minimum Gasteiger partial charge on any atom is -0.349 e. The SMILES string of the molecule is O=C(CCc1nc2ccccc2c(=O)n1C1CC1)NC(Cc1ccccc1)c1ccccc1. The normalized spacial score (nSPS) is 14.2. The zero-order valence-corrected chi connectivity index (χ0v) is 18.5. The van der Waals surface area contributed by atoms with Crippen LogP contribution in [0.1, 0.15) is 48.3 Å². The summed E-state index contributed by atoms with van der Waals surface area (Å²) in [6.45, 7) is 0. The first-order valence-corrected chi connectivity index (χ1v) is 11.6. The third-order valence-electron chi connectivity index (χ3n) is 6.19. The lowest BCUT2D eigenvalue weighted by molar-refractivity contribution is -0.121. The highest BCUT2D eigenvalue weighted by Crippen LogP contribution is 2.35. The van der Waals surface area contributed by atoms with E-state index in [2.05, 4.69) is 17.4 Å². The maximum atomic E-state index is 13.1. The molecule has 1 unspecified atom stereocenters. The lowest BCUT2D eigenvalue weighted by Gasteiger charge is -2.20. The minimum absolute atomic E-state index is 0.00440. The number of aryl methyl sites for hydroxylation is 1. The molecule has 1 amide bonds. The molecular weight excluding hydrogens is 410 g/mol. The number of carbonyl (C=O) groups excluding carboxylic acids is 1. The van der Waals surface area contributed by atoms with Crippen molar-refractivity contribution in [1.29, 1.82) is 0 Å². The molecule has 5 heteroatoms. The van der Waals surface area contributed by atoms with Gasteiger partial charge in [-0.05, 0) is 42.5 Å². The van der Waals surface area contributed by atoms with Gasteiger partial charge >= 0.3 is 0 Å². The van der Waals surface area contributed by atoms with Gasteiger partial charge in [0.05, 0.1) is 16.9 Å². The molecular formula is C28H27N3O2. The van der Waals surface area contributed by atoms with E-state index in [0.717, 1.165) is 24.8 Å². The van der Waals surface area contributed by atoms with Gasteiger partial charge in [-0.3, -0.25) is 14.2 Å². The number of benzene rings is 3. The molecule has 33 heavy (non-hydrogen) atoms. The third-order valence-corrected chi connectivity index (χ3v) is 6.19. The molecule has 0 bridgehead atoms. The topological polar surface area (TPSA) is 64.0 Å². The molecule has 4 aromatic rings. The molecule has 1 N–H and O–H groups in total. The van der Waals surface area contributed by atoms with Gasteiger partial charge in [-0.25, -0.2) is 4.98 Å². The van der Waals surface area contributed by atoms with Crippen LogP contribution in [-0.4, -0.2) is 15.5 Å². The van der Waals surface area contributed by atoms with Crippen LogP contribution in [-0.2, 0) is 17.6 Å². The highest BCUT2D eigenvalue weighted by atomic mass is 16.1. The number of nitrogens with one attached hydrogen (secondary N) is 1. The number of carbonyl (C=O) groups is 1. The lowest BCUT2D eigenvalue weighted by Crippen LogP contribution is -2.31. The summed E-state index contributed by atoms with van der Waals surface area (Å²) in [7, 11) is 0. The van der Waals surface area contributed by atoms with Crippen LogP contribution in [0.15, 0.2) is 89.7 Å². The van der Waals surface area contributed by atoms with Gasteiger partial charge in [0.2, 0.25) is 5.91 Å². The van der Waals surface area contributed by atoms with Crippen molar-refractivity contribution in [3.8, 4) is 0 Å². The van der Waals surface area contributed by atoms with Crippen molar-refractivity contribution in [1.82, 2.24) is 14.9 Å². The van der Waals surface area contributed by atoms with Crippen molar-refractivity contribution in [3.05, 3.63) is 112 Å². The molecule has 0 aliphatic heterocycles. The second-order valence-corrected chi connectivity index (χ2v) is 8.67. The molecule has 166 valence electrons. The number of hydrogen-bond acceptors (Lipinski definition) is 3. The minimum atomic E-state index is -0.115. The molecule has 0 radical (unpaired) electrons. The second-order valence-electron chi connectivity index (χ2n) is 8.67. The maximum absolute atomic E-state index is 13.1. The van der Waals surface area contributed by atoms with Crippen LogP contribution < -0.4 is 10.9 Å². The first-order chi connectivity index (χ1) is 16.2. The van der Waals surface area contributed by atoms with E-state index >= 15 is 0 Å². The fourth-order valence-electron chi connectivity index (χ4n) is 4.36. The van der Waals surface area contributed by atoms with Crippen molar-refractivity contribution >= 4 is 16.8 Å². The van der Waals surface area contributed by atoms with Gasteiger partial charge in [0.15, 0.2) is 0 Å². The van der Waals surface area contributed by atoms with E-state index in [0.29, 0.717) is 23.1 Å². The Kier molecular flexibility index (Phi) is 6.03. The summed E-state index contributed by atoms with van der Waals surface area (Å²) in [5.41, 5.74) is 2.95. The fraction of sp³-hybridized carbons (Fsp3) is 0.250. The Bertz CT molecular complexity index is 1310. The Hall–Kier alpha value is -3.73. The van der Waals surface area contributed by atoms with E-state index < -0.39 is 0 Å². The van der Waals surface area contributed by atoms with E-state index in [-0.39, 0.29) is 30.0 Å². The number of para-hydroxylation sites is 1. The quantitative estimate of drug-likeness (QED) is 0.432. The zero-order chi connectivity index (χ0) is 22.6. The van der Waals surface area contributed by atoms with E-state index in [1.54, 1.807) is 0 Å². The second kappa shape index (κ2) is 9.41. The van der Waals surface area contributed by atoms with E-state index in [1.807, 2.05) is 77.4 Å². The van der Waals surface area contributed by atoms with Crippen LogP contribution in [0, 0.1) is 0 Å². The first kappa shape index (κ1) is 21.1. The third kappa shape index (κ3) is 4.87. The molecule has 1 heterocycles. The predicted molar refractivity (Wildman–Crippen MR) is 130 cm³/mol. The van der Waals surface area contributed by atoms with Crippen LogP contribution in [0.4, 0.5) is 0 Å². The number of aromatic nitrogens is 2. The molecule has 1 fully saturated rings. The Morgan fingerprint density at radius 3 is 2.33 bits per heavy atom. The van der Waals surface area contributed by atoms with Crippen LogP contribution in [0.3, 0.4) is 0 Å².